The third-order valence-corrected chi connectivity index (χ3v) is 5.52. The van der Waals surface area contributed by atoms with Crippen molar-refractivity contribution >= 4 is 12.0 Å². The minimum Gasteiger partial charge on any atom is -0.465 e. The third kappa shape index (κ3) is 5.16. The fraction of sp³-hybridized carbons (Fsp3) is 0.318. The topological polar surface area (TPSA) is 120 Å². The standard InChI is InChI=1S/C22H19F4N7O2/c23-17-4-3-13(10-16(17)22(24,25)26)19-29-11-15(5-7-27)33(19)18-6-8-28-20(31-18)30-14-2-1-9-32(12-14)21(34)35/h3-4,6,8,10-11,14H,1-2,5,9,12H2,(H,34,35)(H,28,30,31). The van der Waals surface area contributed by atoms with E-state index in [9.17, 15) is 32.7 Å². The lowest BCUT2D eigenvalue weighted by atomic mass is 10.1. The third-order valence-electron chi connectivity index (χ3n) is 5.52. The first-order chi connectivity index (χ1) is 16.7. The normalized spacial score (nSPS) is 16.1. The summed E-state index contributed by atoms with van der Waals surface area (Å²) >= 11 is 0. The van der Waals surface area contributed by atoms with Crippen LogP contribution in [0.3, 0.4) is 0 Å². The highest BCUT2D eigenvalue weighted by Crippen LogP contribution is 2.34. The summed E-state index contributed by atoms with van der Waals surface area (Å²) in [5.41, 5.74) is -1.09. The predicted molar refractivity (Wildman–Crippen MR) is 115 cm³/mol. The van der Waals surface area contributed by atoms with E-state index in [1.165, 1.54) is 34.0 Å². The molecule has 0 bridgehead atoms. The van der Waals surface area contributed by atoms with Gasteiger partial charge in [-0.2, -0.15) is 23.4 Å². The number of hydrogen-bond donors (Lipinski definition) is 2. The van der Waals surface area contributed by atoms with Gasteiger partial charge in [0.05, 0.1) is 29.9 Å². The maximum absolute atomic E-state index is 13.8. The van der Waals surface area contributed by atoms with Gasteiger partial charge in [0, 0.05) is 30.9 Å². The van der Waals surface area contributed by atoms with Crippen LogP contribution in [-0.4, -0.2) is 54.8 Å². The van der Waals surface area contributed by atoms with E-state index in [1.54, 1.807) is 0 Å². The SMILES string of the molecule is N#CCc1cnc(-c2ccc(F)c(C(F)(F)F)c2)n1-c1ccnc(NC2CCCN(C(=O)O)C2)n1. The molecule has 1 aliphatic heterocycles. The van der Waals surface area contributed by atoms with Crippen molar-refractivity contribution in [1.29, 1.82) is 5.26 Å². The van der Waals surface area contributed by atoms with Crippen molar-refractivity contribution in [3.05, 3.63) is 53.7 Å². The molecule has 0 spiro atoms. The molecule has 1 amide bonds. The van der Waals surface area contributed by atoms with E-state index in [0.717, 1.165) is 0 Å². The zero-order chi connectivity index (χ0) is 25.2. The summed E-state index contributed by atoms with van der Waals surface area (Å²) in [5.74, 6) is -0.963. The van der Waals surface area contributed by atoms with Crippen molar-refractivity contribution < 1.29 is 27.5 Å². The highest BCUT2D eigenvalue weighted by atomic mass is 19.4. The quantitative estimate of drug-likeness (QED) is 0.518. The molecule has 1 saturated heterocycles. The molecule has 13 heteroatoms. The summed E-state index contributed by atoms with van der Waals surface area (Å²) in [7, 11) is 0. The van der Waals surface area contributed by atoms with E-state index in [2.05, 4.69) is 20.3 Å². The molecular weight excluding hydrogens is 470 g/mol. The highest BCUT2D eigenvalue weighted by molar-refractivity contribution is 5.65. The number of rotatable bonds is 5. The molecule has 182 valence electrons. The molecule has 3 aromatic rings. The summed E-state index contributed by atoms with van der Waals surface area (Å²) in [6.07, 6.45) is -1.90. The fourth-order valence-corrected chi connectivity index (χ4v) is 3.93. The van der Waals surface area contributed by atoms with Crippen LogP contribution in [-0.2, 0) is 12.6 Å². The second-order valence-electron chi connectivity index (χ2n) is 7.89. The molecule has 1 fully saturated rings. The molecule has 0 radical (unpaired) electrons. The van der Waals surface area contributed by atoms with E-state index in [4.69, 9.17) is 0 Å². The van der Waals surface area contributed by atoms with Gasteiger partial charge in [-0.25, -0.2) is 19.2 Å². The number of nitrogens with zero attached hydrogens (tertiary/aromatic N) is 6. The number of amides is 1. The molecule has 4 rings (SSSR count). The fourth-order valence-electron chi connectivity index (χ4n) is 3.93. The summed E-state index contributed by atoms with van der Waals surface area (Å²) in [6, 6.07) is 5.78. The summed E-state index contributed by atoms with van der Waals surface area (Å²) in [5, 5.41) is 21.5. The number of carboxylic acid groups (broad SMARTS) is 1. The van der Waals surface area contributed by atoms with E-state index in [0.29, 0.717) is 37.2 Å². The first-order valence-corrected chi connectivity index (χ1v) is 10.6. The number of benzene rings is 1. The number of alkyl halides is 3. The molecule has 1 aromatic carbocycles. The predicted octanol–water partition coefficient (Wildman–Crippen LogP) is 4.11. The molecule has 3 heterocycles. The van der Waals surface area contributed by atoms with Crippen molar-refractivity contribution in [2.24, 2.45) is 0 Å². The average Bonchev–Trinajstić information content (AvgIpc) is 3.23. The second kappa shape index (κ2) is 9.57. The molecule has 2 aromatic heterocycles. The Balaban J connectivity index is 1.71. The van der Waals surface area contributed by atoms with Crippen molar-refractivity contribution in [3.63, 3.8) is 0 Å². The average molecular weight is 489 g/mol. The molecule has 0 saturated carbocycles. The largest absolute Gasteiger partial charge is 0.465 e. The summed E-state index contributed by atoms with van der Waals surface area (Å²) in [4.78, 5) is 25.3. The van der Waals surface area contributed by atoms with E-state index >= 15 is 0 Å². The Hall–Kier alpha value is -4.21. The Morgan fingerprint density at radius 2 is 2.09 bits per heavy atom. The maximum Gasteiger partial charge on any atom is 0.419 e. The number of piperidine rings is 1. The molecule has 1 atom stereocenters. The maximum atomic E-state index is 13.8. The van der Waals surface area contributed by atoms with Crippen LogP contribution in [0.4, 0.5) is 28.3 Å². The Morgan fingerprint density at radius 1 is 1.29 bits per heavy atom. The minimum atomic E-state index is -4.90. The lowest BCUT2D eigenvalue weighted by molar-refractivity contribution is -0.139. The van der Waals surface area contributed by atoms with Crippen molar-refractivity contribution in [2.75, 3.05) is 18.4 Å². The van der Waals surface area contributed by atoms with Crippen molar-refractivity contribution in [2.45, 2.75) is 31.5 Å². The van der Waals surface area contributed by atoms with Gasteiger partial charge < -0.3 is 15.3 Å². The molecule has 1 unspecified atom stereocenters. The van der Waals surface area contributed by atoms with E-state index in [-0.39, 0.29) is 42.2 Å². The number of likely N-dealkylation sites (tertiary alicyclic amines) is 1. The number of aromatic nitrogens is 4. The number of imidazole rings is 1. The van der Waals surface area contributed by atoms with Crippen LogP contribution in [0.1, 0.15) is 24.1 Å². The first kappa shape index (κ1) is 23.9. The lowest BCUT2D eigenvalue weighted by Crippen LogP contribution is -2.44. The smallest absolute Gasteiger partial charge is 0.419 e. The van der Waals surface area contributed by atoms with Crippen LogP contribution in [0.15, 0.2) is 36.7 Å². The molecular formula is C22H19F4N7O2. The molecule has 9 nitrogen and oxygen atoms in total. The lowest BCUT2D eigenvalue weighted by Gasteiger charge is -2.31. The zero-order valence-electron chi connectivity index (χ0n) is 18.1. The van der Waals surface area contributed by atoms with Crippen molar-refractivity contribution in [3.8, 4) is 23.3 Å². The van der Waals surface area contributed by atoms with Crippen LogP contribution < -0.4 is 5.32 Å². The van der Waals surface area contributed by atoms with Gasteiger partial charge in [0.15, 0.2) is 0 Å². The van der Waals surface area contributed by atoms with Crippen LogP contribution in [0.5, 0.6) is 0 Å². The van der Waals surface area contributed by atoms with Crippen LogP contribution in [0.2, 0.25) is 0 Å². The highest BCUT2D eigenvalue weighted by Gasteiger charge is 2.34. The monoisotopic (exact) mass is 489 g/mol. The molecule has 1 aliphatic rings. The minimum absolute atomic E-state index is 0.0135. The summed E-state index contributed by atoms with van der Waals surface area (Å²) in [6.45, 7) is 0.677. The Labute approximate surface area is 196 Å². The molecule has 2 N–H and O–H groups in total. The van der Waals surface area contributed by atoms with Crippen molar-refractivity contribution in [1.82, 2.24) is 24.4 Å². The Kier molecular flexibility index (Phi) is 6.54. The van der Waals surface area contributed by atoms with E-state index < -0.39 is 23.7 Å². The van der Waals surface area contributed by atoms with Crippen LogP contribution in [0.25, 0.3) is 17.2 Å². The Bertz CT molecular complexity index is 1290. The van der Waals surface area contributed by atoms with E-state index in [1.807, 2.05) is 6.07 Å². The number of halogens is 4. The summed E-state index contributed by atoms with van der Waals surface area (Å²) < 4.78 is 55.0. The van der Waals surface area contributed by atoms with Gasteiger partial charge in [0.2, 0.25) is 5.95 Å². The number of nitriles is 1. The molecule has 0 aliphatic carbocycles. The van der Waals surface area contributed by atoms with Gasteiger partial charge in [-0.3, -0.25) is 4.57 Å². The van der Waals surface area contributed by atoms with Crippen LogP contribution in [0, 0.1) is 17.1 Å². The van der Waals surface area contributed by atoms with Crippen LogP contribution >= 0.6 is 0 Å². The van der Waals surface area contributed by atoms with Gasteiger partial charge in [-0.15, -0.1) is 0 Å². The van der Waals surface area contributed by atoms with Gasteiger partial charge >= 0.3 is 12.3 Å². The number of carbonyl (C=O) groups is 1. The van der Waals surface area contributed by atoms with Gasteiger partial charge in [-0.05, 0) is 37.1 Å². The number of nitrogens with one attached hydrogen (secondary N) is 1. The van der Waals surface area contributed by atoms with Gasteiger partial charge in [0.25, 0.3) is 0 Å². The van der Waals surface area contributed by atoms with Gasteiger partial charge in [0.1, 0.15) is 17.5 Å². The number of anilines is 1. The molecule has 35 heavy (non-hydrogen) atoms. The zero-order valence-corrected chi connectivity index (χ0v) is 18.1. The Morgan fingerprint density at radius 3 is 2.80 bits per heavy atom. The second-order valence-corrected chi connectivity index (χ2v) is 7.89. The first-order valence-electron chi connectivity index (χ1n) is 10.6. The van der Waals surface area contributed by atoms with Gasteiger partial charge in [-0.1, -0.05) is 0 Å². The number of hydrogen-bond acceptors (Lipinski definition) is 6.